The predicted octanol–water partition coefficient (Wildman–Crippen LogP) is 1.58. The Bertz CT molecular complexity index is 836. The van der Waals surface area contributed by atoms with E-state index in [1.165, 1.54) is 19.2 Å². The van der Waals surface area contributed by atoms with Crippen LogP contribution in [0.25, 0.3) is 0 Å². The van der Waals surface area contributed by atoms with Crippen molar-refractivity contribution in [1.29, 1.82) is 0 Å². The molecule has 1 aromatic carbocycles. The first-order valence-corrected chi connectivity index (χ1v) is 7.58. The maximum absolute atomic E-state index is 13.0. The van der Waals surface area contributed by atoms with E-state index in [4.69, 9.17) is 0 Å². The van der Waals surface area contributed by atoms with Crippen LogP contribution < -0.4 is 9.44 Å². The molecule has 23 heavy (non-hydrogen) atoms. The molecule has 11 heteroatoms. The van der Waals surface area contributed by atoms with Gasteiger partial charge in [-0.2, -0.15) is 13.5 Å². The molecule has 0 atom stereocenters. The molecule has 0 radical (unpaired) electrons. The minimum atomic E-state index is -4.43. The molecule has 1 amide bonds. The zero-order valence-corrected chi connectivity index (χ0v) is 12.4. The number of alkyl halides is 2. The van der Waals surface area contributed by atoms with Gasteiger partial charge in [0.1, 0.15) is 11.5 Å². The summed E-state index contributed by atoms with van der Waals surface area (Å²) in [6, 6.07) is 4.49. The molecule has 2 aromatic rings. The van der Waals surface area contributed by atoms with Gasteiger partial charge in [0.25, 0.3) is 12.3 Å². The van der Waals surface area contributed by atoms with Crippen molar-refractivity contribution in [3.05, 3.63) is 47.5 Å². The van der Waals surface area contributed by atoms with Gasteiger partial charge in [0.05, 0.1) is 11.3 Å². The Morgan fingerprint density at radius 1 is 1.35 bits per heavy atom. The van der Waals surface area contributed by atoms with Crippen LogP contribution in [0.1, 0.15) is 22.5 Å². The molecule has 1 heterocycles. The van der Waals surface area contributed by atoms with Gasteiger partial charge in [-0.1, -0.05) is 6.07 Å². The molecule has 124 valence electrons. The van der Waals surface area contributed by atoms with Crippen LogP contribution >= 0.6 is 0 Å². The van der Waals surface area contributed by atoms with Crippen LogP contribution in [-0.4, -0.2) is 24.1 Å². The summed E-state index contributed by atoms with van der Waals surface area (Å²) in [4.78, 5) is 11.9. The predicted molar refractivity (Wildman–Crippen MR) is 74.6 cm³/mol. The normalized spacial score (nSPS) is 11.5. The highest BCUT2D eigenvalue weighted by atomic mass is 32.2. The van der Waals surface area contributed by atoms with Crippen LogP contribution in [0, 0.1) is 5.82 Å². The minimum Gasteiger partial charge on any atom is -0.275 e. The number of rotatable bonds is 5. The lowest BCUT2D eigenvalue weighted by atomic mass is 10.2. The summed E-state index contributed by atoms with van der Waals surface area (Å²) in [5, 5.41) is 3.40. The van der Waals surface area contributed by atoms with Crippen molar-refractivity contribution in [2.24, 2.45) is 7.05 Å². The first-order chi connectivity index (χ1) is 10.7. The van der Waals surface area contributed by atoms with Crippen LogP contribution in [0.15, 0.2) is 30.5 Å². The van der Waals surface area contributed by atoms with E-state index in [2.05, 4.69) is 5.10 Å². The van der Waals surface area contributed by atoms with E-state index >= 15 is 0 Å². The van der Waals surface area contributed by atoms with Gasteiger partial charge in [-0.05, 0) is 18.2 Å². The molecule has 0 aliphatic heterocycles. The summed E-state index contributed by atoms with van der Waals surface area (Å²) < 4.78 is 66.6. The topological polar surface area (TPSA) is 93.1 Å². The number of aromatic nitrogens is 2. The summed E-state index contributed by atoms with van der Waals surface area (Å²) in [5.41, 5.74) is -1.55. The van der Waals surface area contributed by atoms with Crippen molar-refractivity contribution in [3.63, 3.8) is 0 Å². The lowest BCUT2D eigenvalue weighted by Crippen LogP contribution is -2.35. The number of carbonyl (C=O) groups is 1. The number of nitrogens with zero attached hydrogens (tertiary/aromatic N) is 2. The van der Waals surface area contributed by atoms with Gasteiger partial charge < -0.3 is 0 Å². The van der Waals surface area contributed by atoms with E-state index in [1.54, 1.807) is 4.72 Å². The Kier molecular flexibility index (Phi) is 4.59. The molecule has 0 aliphatic carbocycles. The quantitative estimate of drug-likeness (QED) is 0.858. The number of hydrogen-bond donors (Lipinski definition) is 2. The van der Waals surface area contributed by atoms with Crippen molar-refractivity contribution >= 4 is 21.8 Å². The standard InChI is InChI=1S/C12H11F3N4O3S/c1-19-6-9(10(16-19)11(14)15)12(20)18-23(21,22)17-8-4-2-3-7(13)5-8/h2-6,11,17H,1H3,(H,18,20). The zero-order valence-electron chi connectivity index (χ0n) is 11.6. The second-order valence-corrected chi connectivity index (χ2v) is 5.86. The maximum atomic E-state index is 13.0. The van der Waals surface area contributed by atoms with Gasteiger partial charge in [0.15, 0.2) is 0 Å². The average molecular weight is 348 g/mol. The van der Waals surface area contributed by atoms with Gasteiger partial charge in [0, 0.05) is 13.2 Å². The second kappa shape index (κ2) is 6.28. The van der Waals surface area contributed by atoms with E-state index in [9.17, 15) is 26.4 Å². The molecule has 7 nitrogen and oxygen atoms in total. The van der Waals surface area contributed by atoms with Crippen LogP contribution in [0.2, 0.25) is 0 Å². The van der Waals surface area contributed by atoms with E-state index in [0.29, 0.717) is 0 Å². The number of nitrogens with one attached hydrogen (secondary N) is 2. The molecule has 1 aromatic heterocycles. The SMILES string of the molecule is Cn1cc(C(=O)NS(=O)(=O)Nc2cccc(F)c2)c(C(F)F)n1. The minimum absolute atomic E-state index is 0.134. The highest BCUT2D eigenvalue weighted by Gasteiger charge is 2.25. The lowest BCUT2D eigenvalue weighted by Gasteiger charge is -2.09. The molecule has 0 fully saturated rings. The third-order valence-corrected chi connectivity index (χ3v) is 3.57. The van der Waals surface area contributed by atoms with E-state index in [-0.39, 0.29) is 5.69 Å². The zero-order chi connectivity index (χ0) is 17.2. The molecule has 0 unspecified atom stereocenters. The average Bonchev–Trinajstić information content (AvgIpc) is 2.80. The lowest BCUT2D eigenvalue weighted by molar-refractivity contribution is 0.0966. The monoisotopic (exact) mass is 348 g/mol. The number of halogens is 3. The van der Waals surface area contributed by atoms with Gasteiger partial charge in [-0.15, -0.1) is 0 Å². The van der Waals surface area contributed by atoms with Crippen LogP contribution in [0.5, 0.6) is 0 Å². The first-order valence-electron chi connectivity index (χ1n) is 6.10. The van der Waals surface area contributed by atoms with Gasteiger partial charge >= 0.3 is 10.2 Å². The molecule has 2 rings (SSSR count). The molecule has 2 N–H and O–H groups in total. The summed E-state index contributed by atoms with van der Waals surface area (Å²) >= 11 is 0. The second-order valence-electron chi connectivity index (χ2n) is 4.45. The third kappa shape index (κ3) is 4.22. The molecule has 0 saturated carbocycles. The molecule has 0 spiro atoms. The van der Waals surface area contributed by atoms with Gasteiger partial charge in [0.2, 0.25) is 0 Å². The summed E-state index contributed by atoms with van der Waals surface area (Å²) in [5.74, 6) is -1.97. The fourth-order valence-corrected chi connectivity index (χ4v) is 2.59. The molecular formula is C12H11F3N4O3S. The summed E-state index contributed by atoms with van der Waals surface area (Å²) in [6.45, 7) is 0. The molecule has 0 bridgehead atoms. The van der Waals surface area contributed by atoms with Crippen LogP contribution in [0.3, 0.4) is 0 Å². The van der Waals surface area contributed by atoms with E-state index in [0.717, 1.165) is 23.0 Å². The summed E-state index contributed by atoms with van der Waals surface area (Å²) in [6.07, 6.45) is -2.08. The fourth-order valence-electron chi connectivity index (χ4n) is 1.75. The Morgan fingerprint density at radius 3 is 2.65 bits per heavy atom. The van der Waals surface area contributed by atoms with Crippen molar-refractivity contribution in [3.8, 4) is 0 Å². The van der Waals surface area contributed by atoms with Crippen molar-refractivity contribution in [2.75, 3.05) is 4.72 Å². The van der Waals surface area contributed by atoms with Crippen LogP contribution in [-0.2, 0) is 17.3 Å². The number of hydrogen-bond acceptors (Lipinski definition) is 4. The van der Waals surface area contributed by atoms with Crippen LogP contribution in [0.4, 0.5) is 18.9 Å². The maximum Gasteiger partial charge on any atom is 0.323 e. The first kappa shape index (κ1) is 16.8. The number of carbonyl (C=O) groups excluding carboxylic acids is 1. The van der Waals surface area contributed by atoms with E-state index < -0.39 is 39.6 Å². The number of aryl methyl sites for hydroxylation is 1. The number of amides is 1. The highest BCUT2D eigenvalue weighted by Crippen LogP contribution is 2.21. The van der Waals surface area contributed by atoms with Crippen molar-refractivity contribution < 1.29 is 26.4 Å². The van der Waals surface area contributed by atoms with E-state index in [1.807, 2.05) is 4.72 Å². The third-order valence-electron chi connectivity index (χ3n) is 2.61. The number of benzene rings is 1. The van der Waals surface area contributed by atoms with Gasteiger partial charge in [-0.25, -0.2) is 17.9 Å². The summed E-state index contributed by atoms with van der Waals surface area (Å²) in [7, 11) is -3.12. The number of anilines is 1. The highest BCUT2D eigenvalue weighted by molar-refractivity contribution is 7.91. The Balaban J connectivity index is 2.19. The Hall–Kier alpha value is -2.56. The smallest absolute Gasteiger partial charge is 0.275 e. The molecule has 0 aliphatic rings. The molecular weight excluding hydrogens is 337 g/mol. The largest absolute Gasteiger partial charge is 0.323 e. The Morgan fingerprint density at radius 2 is 2.04 bits per heavy atom. The van der Waals surface area contributed by atoms with Crippen molar-refractivity contribution in [1.82, 2.24) is 14.5 Å². The van der Waals surface area contributed by atoms with Gasteiger partial charge in [-0.3, -0.25) is 14.2 Å². The van der Waals surface area contributed by atoms with Crippen molar-refractivity contribution in [2.45, 2.75) is 6.43 Å². The fraction of sp³-hybridized carbons (Fsp3) is 0.167. The molecule has 0 saturated heterocycles. The Labute approximate surface area is 129 Å².